The smallest absolute Gasteiger partial charge is 0.323 e. The Morgan fingerprint density at radius 1 is 1.44 bits per heavy atom. The quantitative estimate of drug-likeness (QED) is 0.583. The van der Waals surface area contributed by atoms with Crippen LogP contribution >= 0.6 is 0 Å². The first kappa shape index (κ1) is 10.4. The molecule has 6 nitrogen and oxygen atoms in total. The van der Waals surface area contributed by atoms with Gasteiger partial charge >= 0.3 is 11.7 Å². The third-order valence-corrected chi connectivity index (χ3v) is 2.49. The second-order valence-corrected chi connectivity index (χ2v) is 3.48. The zero-order chi connectivity index (χ0) is 11.7. The van der Waals surface area contributed by atoms with E-state index >= 15 is 0 Å². The molecule has 0 aliphatic carbocycles. The van der Waals surface area contributed by atoms with E-state index in [4.69, 9.17) is 10.8 Å². The van der Waals surface area contributed by atoms with Gasteiger partial charge in [0.25, 0.3) is 0 Å². The molecule has 0 spiro atoms. The minimum absolute atomic E-state index is 0.0122. The normalized spacial score (nSPS) is 12.8. The van der Waals surface area contributed by atoms with Gasteiger partial charge in [0.15, 0.2) is 0 Å². The molecule has 0 saturated heterocycles. The number of fused-ring (bicyclic) bond motifs is 1. The van der Waals surface area contributed by atoms with Gasteiger partial charge in [-0.2, -0.15) is 0 Å². The van der Waals surface area contributed by atoms with Crippen molar-refractivity contribution in [2.75, 3.05) is 6.54 Å². The van der Waals surface area contributed by atoms with Crippen LogP contribution < -0.4 is 11.4 Å². The van der Waals surface area contributed by atoms with Crippen LogP contribution in [0.25, 0.3) is 11.0 Å². The maximum atomic E-state index is 11.1. The topological polar surface area (TPSA) is 112 Å². The Hall–Kier alpha value is -2.08. The summed E-state index contributed by atoms with van der Waals surface area (Å²) in [5.74, 6) is -1.81. The van der Waals surface area contributed by atoms with E-state index in [-0.39, 0.29) is 12.2 Å². The predicted molar refractivity (Wildman–Crippen MR) is 58.4 cm³/mol. The number of carboxylic acid groups (broad SMARTS) is 1. The number of imidazole rings is 1. The second-order valence-electron chi connectivity index (χ2n) is 3.48. The summed E-state index contributed by atoms with van der Waals surface area (Å²) in [6, 6.07) is 5.04. The third kappa shape index (κ3) is 1.59. The highest BCUT2D eigenvalue weighted by Gasteiger charge is 2.21. The molecule has 6 heteroatoms. The number of carbonyl (C=O) groups is 1. The molecule has 1 atom stereocenters. The summed E-state index contributed by atoms with van der Waals surface area (Å²) in [4.78, 5) is 27.3. The van der Waals surface area contributed by atoms with Crippen LogP contribution in [0.15, 0.2) is 23.0 Å². The Bertz CT molecular complexity index is 584. The lowest BCUT2D eigenvalue weighted by molar-refractivity contribution is -0.138. The van der Waals surface area contributed by atoms with Crippen LogP contribution in [0.2, 0.25) is 0 Å². The van der Waals surface area contributed by atoms with Crippen LogP contribution in [0.1, 0.15) is 11.5 Å². The molecule has 5 N–H and O–H groups in total. The highest BCUT2D eigenvalue weighted by molar-refractivity contribution is 5.86. The van der Waals surface area contributed by atoms with E-state index in [9.17, 15) is 9.59 Å². The maximum Gasteiger partial charge on any atom is 0.323 e. The van der Waals surface area contributed by atoms with E-state index in [0.717, 1.165) is 0 Å². The molecule has 1 aromatic heterocycles. The molecule has 1 aromatic carbocycles. The molecule has 0 fully saturated rings. The predicted octanol–water partition coefficient (Wildman–Crippen LogP) is -0.0169. The molecule has 0 amide bonds. The number of nitrogens with one attached hydrogen (secondary N) is 2. The lowest BCUT2D eigenvalue weighted by Gasteiger charge is -2.10. The number of para-hydroxylation sites is 1. The summed E-state index contributed by atoms with van der Waals surface area (Å²) in [6.07, 6.45) is 0. The van der Waals surface area contributed by atoms with Gasteiger partial charge in [0.1, 0.15) is 0 Å². The van der Waals surface area contributed by atoms with Crippen LogP contribution in [-0.4, -0.2) is 27.6 Å². The van der Waals surface area contributed by atoms with Crippen LogP contribution in [0.4, 0.5) is 0 Å². The summed E-state index contributed by atoms with van der Waals surface area (Å²) >= 11 is 0. The lowest BCUT2D eigenvalue weighted by Crippen LogP contribution is -2.21. The SMILES string of the molecule is NCC(C(=O)O)c1cccc2[nH]c(=O)[nH]c12. The fraction of sp³-hybridized carbons (Fsp3) is 0.200. The van der Waals surface area contributed by atoms with Gasteiger partial charge in [0.05, 0.1) is 17.0 Å². The monoisotopic (exact) mass is 221 g/mol. The Morgan fingerprint density at radius 3 is 2.81 bits per heavy atom. The Morgan fingerprint density at radius 2 is 2.19 bits per heavy atom. The van der Waals surface area contributed by atoms with Gasteiger partial charge in [-0.1, -0.05) is 12.1 Å². The molecule has 0 saturated carbocycles. The first-order valence-corrected chi connectivity index (χ1v) is 4.77. The zero-order valence-corrected chi connectivity index (χ0v) is 8.36. The molecule has 16 heavy (non-hydrogen) atoms. The summed E-state index contributed by atoms with van der Waals surface area (Å²) < 4.78 is 0. The Kier molecular flexibility index (Phi) is 2.49. The van der Waals surface area contributed by atoms with Crippen molar-refractivity contribution in [3.8, 4) is 0 Å². The van der Waals surface area contributed by atoms with Crippen LogP contribution in [0, 0.1) is 0 Å². The van der Waals surface area contributed by atoms with E-state index in [0.29, 0.717) is 16.6 Å². The van der Waals surface area contributed by atoms with Gasteiger partial charge in [-0.05, 0) is 11.6 Å². The summed E-state index contributed by atoms with van der Waals surface area (Å²) in [5.41, 5.74) is 6.67. The number of aromatic amines is 2. The van der Waals surface area contributed by atoms with Crippen molar-refractivity contribution < 1.29 is 9.90 Å². The molecule has 1 unspecified atom stereocenters. The molecule has 1 heterocycles. The number of carboxylic acids is 1. The van der Waals surface area contributed by atoms with Crippen molar-refractivity contribution in [3.05, 3.63) is 34.2 Å². The number of hydrogen-bond donors (Lipinski definition) is 4. The minimum Gasteiger partial charge on any atom is -0.481 e. The van der Waals surface area contributed by atoms with Crippen LogP contribution in [-0.2, 0) is 4.79 Å². The first-order chi connectivity index (χ1) is 7.63. The van der Waals surface area contributed by atoms with E-state index in [1.54, 1.807) is 18.2 Å². The van der Waals surface area contributed by atoms with Crippen molar-refractivity contribution in [2.24, 2.45) is 5.73 Å². The summed E-state index contributed by atoms with van der Waals surface area (Å²) in [6.45, 7) is -0.0122. The summed E-state index contributed by atoms with van der Waals surface area (Å²) in [5, 5.41) is 9.01. The Balaban J connectivity index is 2.67. The molecular weight excluding hydrogens is 210 g/mol. The standard InChI is InChI=1S/C10H11N3O3/c11-4-6(9(14)15)5-2-1-3-7-8(5)13-10(16)12-7/h1-3,6H,4,11H2,(H,14,15)(H2,12,13,16). The molecule has 2 rings (SSSR count). The number of nitrogens with two attached hydrogens (primary N) is 1. The fourth-order valence-electron chi connectivity index (χ4n) is 1.73. The zero-order valence-electron chi connectivity index (χ0n) is 8.36. The van der Waals surface area contributed by atoms with E-state index in [1.165, 1.54) is 0 Å². The number of benzene rings is 1. The van der Waals surface area contributed by atoms with Gasteiger partial charge in [-0.25, -0.2) is 4.79 Å². The number of aliphatic carboxylic acids is 1. The van der Waals surface area contributed by atoms with Gasteiger partial charge in [-0.3, -0.25) is 4.79 Å². The largest absolute Gasteiger partial charge is 0.481 e. The van der Waals surface area contributed by atoms with Gasteiger partial charge in [0.2, 0.25) is 0 Å². The van der Waals surface area contributed by atoms with Crippen LogP contribution in [0.5, 0.6) is 0 Å². The van der Waals surface area contributed by atoms with Crippen molar-refractivity contribution in [3.63, 3.8) is 0 Å². The van der Waals surface area contributed by atoms with Crippen LogP contribution in [0.3, 0.4) is 0 Å². The molecule has 0 bridgehead atoms. The molecule has 0 radical (unpaired) electrons. The van der Waals surface area contributed by atoms with E-state index in [1.807, 2.05) is 0 Å². The maximum absolute atomic E-state index is 11.1. The molecule has 0 aliphatic rings. The molecule has 2 aromatic rings. The van der Waals surface area contributed by atoms with E-state index < -0.39 is 11.9 Å². The van der Waals surface area contributed by atoms with Crippen molar-refractivity contribution in [2.45, 2.75) is 5.92 Å². The van der Waals surface area contributed by atoms with Gasteiger partial charge in [-0.15, -0.1) is 0 Å². The third-order valence-electron chi connectivity index (χ3n) is 2.49. The number of rotatable bonds is 3. The highest BCUT2D eigenvalue weighted by Crippen LogP contribution is 2.21. The van der Waals surface area contributed by atoms with Crippen molar-refractivity contribution in [1.82, 2.24) is 9.97 Å². The lowest BCUT2D eigenvalue weighted by atomic mass is 9.98. The molecule has 0 aliphatic heterocycles. The fourth-order valence-corrected chi connectivity index (χ4v) is 1.73. The van der Waals surface area contributed by atoms with Gasteiger partial charge in [0, 0.05) is 6.54 Å². The van der Waals surface area contributed by atoms with E-state index in [2.05, 4.69) is 9.97 Å². The highest BCUT2D eigenvalue weighted by atomic mass is 16.4. The number of aromatic nitrogens is 2. The molecular formula is C10H11N3O3. The number of hydrogen-bond acceptors (Lipinski definition) is 3. The van der Waals surface area contributed by atoms with Crippen molar-refractivity contribution >= 4 is 17.0 Å². The average molecular weight is 221 g/mol. The average Bonchev–Trinajstić information content (AvgIpc) is 2.59. The van der Waals surface area contributed by atoms with Gasteiger partial charge < -0.3 is 20.8 Å². The minimum atomic E-state index is -1.00. The van der Waals surface area contributed by atoms with Crippen molar-refractivity contribution in [1.29, 1.82) is 0 Å². The second kappa shape index (κ2) is 3.82. The first-order valence-electron chi connectivity index (χ1n) is 4.77. The number of H-pyrrole nitrogens is 2. The Labute approximate surface area is 90.1 Å². The summed E-state index contributed by atoms with van der Waals surface area (Å²) in [7, 11) is 0. The molecule has 84 valence electrons.